The van der Waals surface area contributed by atoms with Crippen molar-refractivity contribution in [3.63, 3.8) is 0 Å². The maximum absolute atomic E-state index is 10.6. The standard InChI is InChI=1S/C16H23N5O2S2/c1-10-4-3-5-14(11(10)2)18-16(25)20-19-15(24)17-12-6-8-13(9-7-12)21(22)23/h6-11,14H,3-5H2,1-2H3,(H2,17,19,24)(H2,18,20,25)/t10-,11+,14-/m0/s1. The fourth-order valence-electron chi connectivity index (χ4n) is 2.93. The summed E-state index contributed by atoms with van der Waals surface area (Å²) in [4.78, 5) is 10.2. The van der Waals surface area contributed by atoms with E-state index in [4.69, 9.17) is 24.4 Å². The van der Waals surface area contributed by atoms with Crippen LogP contribution in [0.25, 0.3) is 0 Å². The van der Waals surface area contributed by atoms with E-state index in [0.29, 0.717) is 33.8 Å². The van der Waals surface area contributed by atoms with E-state index >= 15 is 0 Å². The van der Waals surface area contributed by atoms with Crippen LogP contribution in [0.3, 0.4) is 0 Å². The maximum Gasteiger partial charge on any atom is 0.269 e. The van der Waals surface area contributed by atoms with Gasteiger partial charge in [-0.25, -0.2) is 0 Å². The zero-order chi connectivity index (χ0) is 18.4. The molecule has 1 saturated carbocycles. The van der Waals surface area contributed by atoms with E-state index in [-0.39, 0.29) is 5.69 Å². The second-order valence-corrected chi connectivity index (χ2v) is 7.17. The molecule has 0 saturated heterocycles. The van der Waals surface area contributed by atoms with Crippen molar-refractivity contribution in [2.24, 2.45) is 11.8 Å². The summed E-state index contributed by atoms with van der Waals surface area (Å²) in [5.41, 5.74) is 6.37. The Morgan fingerprint density at radius 3 is 2.40 bits per heavy atom. The SMILES string of the molecule is C[C@H]1[C@@H](NC(=S)NNC(=S)Nc2ccc([N+](=O)[O-])cc2)CCC[C@@H]1C. The van der Waals surface area contributed by atoms with Gasteiger partial charge in [0.1, 0.15) is 0 Å². The highest BCUT2D eigenvalue weighted by atomic mass is 32.1. The summed E-state index contributed by atoms with van der Waals surface area (Å²) in [7, 11) is 0. The lowest BCUT2D eigenvalue weighted by Crippen LogP contribution is -2.53. The Morgan fingerprint density at radius 1 is 1.12 bits per heavy atom. The van der Waals surface area contributed by atoms with Gasteiger partial charge in [0.05, 0.1) is 4.92 Å². The van der Waals surface area contributed by atoms with Crippen molar-refractivity contribution in [2.45, 2.75) is 39.2 Å². The van der Waals surface area contributed by atoms with Gasteiger partial charge in [-0.1, -0.05) is 26.7 Å². The van der Waals surface area contributed by atoms with Crippen molar-refractivity contribution < 1.29 is 4.92 Å². The molecule has 1 fully saturated rings. The van der Waals surface area contributed by atoms with Crippen LogP contribution in [0.2, 0.25) is 0 Å². The normalized spacial score (nSPS) is 22.6. The Labute approximate surface area is 158 Å². The molecule has 9 heteroatoms. The van der Waals surface area contributed by atoms with E-state index in [9.17, 15) is 10.1 Å². The van der Waals surface area contributed by atoms with Crippen LogP contribution in [0.4, 0.5) is 11.4 Å². The van der Waals surface area contributed by atoms with Crippen molar-refractivity contribution in [3.8, 4) is 0 Å². The van der Waals surface area contributed by atoms with Crippen LogP contribution in [0.15, 0.2) is 24.3 Å². The minimum Gasteiger partial charge on any atom is -0.358 e. The van der Waals surface area contributed by atoms with Gasteiger partial charge in [-0.05, 0) is 54.8 Å². The van der Waals surface area contributed by atoms with Crippen molar-refractivity contribution in [3.05, 3.63) is 34.4 Å². The lowest BCUT2D eigenvalue weighted by Gasteiger charge is -2.35. The van der Waals surface area contributed by atoms with Gasteiger partial charge in [0.2, 0.25) is 0 Å². The number of hydrogen-bond donors (Lipinski definition) is 4. The second kappa shape index (κ2) is 8.91. The molecule has 4 N–H and O–H groups in total. The van der Waals surface area contributed by atoms with Crippen LogP contribution in [0, 0.1) is 22.0 Å². The first-order chi connectivity index (χ1) is 11.9. The zero-order valence-corrected chi connectivity index (χ0v) is 15.9. The molecule has 3 atom stereocenters. The first-order valence-electron chi connectivity index (χ1n) is 8.24. The minimum absolute atomic E-state index is 0.0313. The third-order valence-corrected chi connectivity index (χ3v) is 5.07. The molecule has 25 heavy (non-hydrogen) atoms. The summed E-state index contributed by atoms with van der Waals surface area (Å²) in [5, 5.41) is 17.7. The number of non-ortho nitro benzene ring substituents is 1. The molecule has 0 heterocycles. The van der Waals surface area contributed by atoms with Crippen molar-refractivity contribution >= 4 is 46.0 Å². The van der Waals surface area contributed by atoms with E-state index in [2.05, 4.69) is 35.3 Å². The van der Waals surface area contributed by atoms with Gasteiger partial charge in [-0.2, -0.15) is 0 Å². The monoisotopic (exact) mass is 381 g/mol. The first kappa shape index (κ1) is 19.3. The summed E-state index contributed by atoms with van der Waals surface area (Å²) < 4.78 is 0. The topological polar surface area (TPSA) is 91.3 Å². The van der Waals surface area contributed by atoms with Crippen molar-refractivity contribution in [2.75, 3.05) is 5.32 Å². The van der Waals surface area contributed by atoms with Crippen LogP contribution in [0.5, 0.6) is 0 Å². The predicted octanol–water partition coefficient (Wildman–Crippen LogP) is 3.09. The molecule has 0 aromatic heterocycles. The summed E-state index contributed by atoms with van der Waals surface area (Å²) in [6.07, 6.45) is 3.58. The van der Waals surface area contributed by atoms with Crippen molar-refractivity contribution in [1.82, 2.24) is 16.2 Å². The van der Waals surface area contributed by atoms with E-state index in [1.165, 1.54) is 25.0 Å². The van der Waals surface area contributed by atoms with E-state index in [1.807, 2.05) is 0 Å². The molecule has 1 aromatic carbocycles. The number of anilines is 1. The lowest BCUT2D eigenvalue weighted by atomic mass is 9.78. The van der Waals surface area contributed by atoms with Crippen LogP contribution >= 0.6 is 24.4 Å². The number of rotatable bonds is 3. The van der Waals surface area contributed by atoms with Crippen LogP contribution in [-0.2, 0) is 0 Å². The number of nitrogens with one attached hydrogen (secondary N) is 4. The lowest BCUT2D eigenvalue weighted by molar-refractivity contribution is -0.384. The van der Waals surface area contributed by atoms with E-state index < -0.39 is 4.92 Å². The molecule has 0 radical (unpaired) electrons. The second-order valence-electron chi connectivity index (χ2n) is 6.36. The molecular formula is C16H23N5O2S2. The fraction of sp³-hybridized carbons (Fsp3) is 0.500. The van der Waals surface area contributed by atoms with Gasteiger partial charge < -0.3 is 10.6 Å². The molecule has 1 aliphatic carbocycles. The Morgan fingerprint density at radius 2 is 1.76 bits per heavy atom. The largest absolute Gasteiger partial charge is 0.358 e. The van der Waals surface area contributed by atoms with Crippen LogP contribution < -0.4 is 21.5 Å². The molecule has 136 valence electrons. The number of nitro benzene ring substituents is 1. The number of thiocarbonyl (C=S) groups is 2. The third-order valence-electron chi connectivity index (χ3n) is 4.65. The van der Waals surface area contributed by atoms with Crippen molar-refractivity contribution in [1.29, 1.82) is 0 Å². The molecule has 0 bridgehead atoms. The maximum atomic E-state index is 10.6. The Hall–Kier alpha value is -2.00. The average molecular weight is 382 g/mol. The van der Waals surface area contributed by atoms with Gasteiger partial charge in [0, 0.05) is 23.9 Å². The molecule has 1 aromatic rings. The third kappa shape index (κ3) is 5.79. The highest BCUT2D eigenvalue weighted by Crippen LogP contribution is 2.29. The smallest absolute Gasteiger partial charge is 0.269 e. The number of hydrogen-bond acceptors (Lipinski definition) is 4. The minimum atomic E-state index is -0.445. The van der Waals surface area contributed by atoms with Gasteiger partial charge in [0.25, 0.3) is 5.69 Å². The van der Waals surface area contributed by atoms with Gasteiger partial charge >= 0.3 is 0 Å². The average Bonchev–Trinajstić information content (AvgIpc) is 2.58. The van der Waals surface area contributed by atoms with E-state index in [0.717, 1.165) is 6.42 Å². The van der Waals surface area contributed by atoms with Gasteiger partial charge in [-0.15, -0.1) is 0 Å². The number of benzene rings is 1. The highest BCUT2D eigenvalue weighted by molar-refractivity contribution is 7.80. The Bertz CT molecular complexity index is 638. The molecular weight excluding hydrogens is 358 g/mol. The molecule has 1 aliphatic rings. The molecule has 0 aliphatic heterocycles. The summed E-state index contributed by atoms with van der Waals surface area (Å²) in [6, 6.07) is 6.37. The molecule has 0 unspecified atom stereocenters. The summed E-state index contributed by atoms with van der Waals surface area (Å²) in [6.45, 7) is 4.52. The van der Waals surface area contributed by atoms with Crippen LogP contribution in [-0.4, -0.2) is 21.2 Å². The number of nitrogens with zero attached hydrogens (tertiary/aromatic N) is 1. The molecule has 7 nitrogen and oxygen atoms in total. The first-order valence-corrected chi connectivity index (χ1v) is 9.06. The summed E-state index contributed by atoms with van der Waals surface area (Å²) >= 11 is 10.5. The zero-order valence-electron chi connectivity index (χ0n) is 14.2. The fourth-order valence-corrected chi connectivity index (χ4v) is 3.30. The van der Waals surface area contributed by atoms with Gasteiger partial charge in [-0.3, -0.25) is 21.0 Å². The summed E-state index contributed by atoms with van der Waals surface area (Å²) in [5.74, 6) is 1.26. The Balaban J connectivity index is 1.75. The molecule has 0 amide bonds. The number of hydrazine groups is 1. The van der Waals surface area contributed by atoms with Gasteiger partial charge in [0.15, 0.2) is 10.2 Å². The Kier molecular flexibility index (Phi) is 6.89. The molecule has 0 spiro atoms. The number of nitro groups is 1. The highest BCUT2D eigenvalue weighted by Gasteiger charge is 2.27. The van der Waals surface area contributed by atoms with Crippen LogP contribution in [0.1, 0.15) is 33.1 Å². The quantitative estimate of drug-likeness (QED) is 0.361. The molecule has 2 rings (SSSR count). The predicted molar refractivity (Wildman–Crippen MR) is 107 cm³/mol. The van der Waals surface area contributed by atoms with E-state index in [1.54, 1.807) is 12.1 Å².